The zero-order valence-corrected chi connectivity index (χ0v) is 57.8. The van der Waals surface area contributed by atoms with E-state index in [9.17, 15) is 75.5 Å². The van der Waals surface area contributed by atoms with Crippen molar-refractivity contribution < 1.29 is 75.5 Å². The largest absolute Gasteiger partial charge is 0.433 e. The van der Waals surface area contributed by atoms with Gasteiger partial charge in [-0.15, -0.1) is 0 Å². The molecule has 14 nitrogen and oxygen atoms in total. The van der Waals surface area contributed by atoms with Crippen LogP contribution in [0, 0.1) is 46.5 Å². The average Bonchev–Trinajstić information content (AvgIpc) is 0.817. The van der Waals surface area contributed by atoms with Crippen LogP contribution in [-0.2, 0) is 75.3 Å². The summed E-state index contributed by atoms with van der Waals surface area (Å²) in [6.07, 6.45) is -6.33. The predicted octanol–water partition coefficient (Wildman–Crippen LogP) is 15.7. The van der Waals surface area contributed by atoms with Gasteiger partial charge in [-0.25, -0.2) is 41.3 Å². The quantitative estimate of drug-likeness (QED) is 0.0610. The van der Waals surface area contributed by atoms with Gasteiger partial charge in [0.2, 0.25) is 10.0 Å². The Kier molecular flexibility index (Phi) is 27.5. The molecule has 9 rings (SSSR count). The number of anilines is 3. The summed E-state index contributed by atoms with van der Waals surface area (Å²) in [5.41, 5.74) is 6.62. The summed E-state index contributed by atoms with van der Waals surface area (Å²) in [4.78, 5) is 56.0. The summed E-state index contributed by atoms with van der Waals surface area (Å²) < 4.78 is 186. The van der Waals surface area contributed by atoms with Crippen LogP contribution in [0.5, 0.6) is 0 Å². The highest BCUT2D eigenvalue weighted by atomic mass is 32.2. The Morgan fingerprint density at radius 1 is 0.500 bits per heavy atom. The Morgan fingerprint density at radius 3 is 1.10 bits per heavy atom. The first-order chi connectivity index (χ1) is 46.9. The summed E-state index contributed by atoms with van der Waals surface area (Å²) in [5.74, 6) is -1.26. The molecule has 0 saturated carbocycles. The highest BCUT2D eigenvalue weighted by Gasteiger charge is 2.37. The monoisotopic (exact) mass is 1430 g/mol. The van der Waals surface area contributed by atoms with Crippen LogP contribution in [0.4, 0.5) is 70.1 Å². The lowest BCUT2D eigenvalue weighted by Gasteiger charge is -2.33. The lowest BCUT2D eigenvalue weighted by Crippen LogP contribution is -2.34. The first-order valence-electron chi connectivity index (χ1n) is 33.4. The molecule has 0 spiro atoms. The number of alkyl halides is 9. The van der Waals surface area contributed by atoms with E-state index in [1.807, 2.05) is 14.7 Å². The number of piperidine rings is 3. The molecule has 3 atom stereocenters. The molecule has 3 unspecified atom stereocenters. The fraction of sp³-hybridized carbons (Fsp3) is 0.493. The van der Waals surface area contributed by atoms with Crippen molar-refractivity contribution in [2.45, 2.75) is 168 Å². The average molecular weight is 1430 g/mol. The predicted molar refractivity (Wildman–Crippen MR) is 358 cm³/mol. The second-order valence-electron chi connectivity index (χ2n) is 26.5. The molecule has 3 N–H and O–H groups in total. The number of Topliss-reactive ketones (excluding diaryl/α,β-unsaturated/α-hetero) is 3. The number of carbonyl (C=O) groups excluding carboxylic acids is 3. The zero-order valence-electron chi connectivity index (χ0n) is 57.0. The van der Waals surface area contributed by atoms with E-state index in [4.69, 9.17) is 11.0 Å². The van der Waals surface area contributed by atoms with Crippen LogP contribution < -0.4 is 25.2 Å². The zero-order chi connectivity index (χ0) is 73.6. The van der Waals surface area contributed by atoms with Gasteiger partial charge in [0.15, 0.2) is 0 Å². The number of nitrogens with two attached hydrogens (primary N) is 1. The van der Waals surface area contributed by atoms with Gasteiger partial charge < -0.3 is 20.4 Å². The summed E-state index contributed by atoms with van der Waals surface area (Å²) >= 11 is 0. The second-order valence-corrected chi connectivity index (χ2v) is 28.3. The van der Waals surface area contributed by atoms with Crippen LogP contribution in [0.3, 0.4) is 0 Å². The number of rotatable bonds is 22. The van der Waals surface area contributed by atoms with E-state index in [2.05, 4.69) is 40.4 Å². The number of nitrogens with zero attached hydrogens (tertiary/aromatic N) is 7. The number of benzene rings is 3. The van der Waals surface area contributed by atoms with Crippen molar-refractivity contribution in [2.24, 2.45) is 23.5 Å². The molecule has 3 aromatic carbocycles. The molecule has 6 aromatic rings. The Balaban J connectivity index is 0.000000211. The molecule has 3 fully saturated rings. The van der Waals surface area contributed by atoms with Crippen LogP contribution in [0.15, 0.2) is 91.0 Å². The molecule has 27 heteroatoms. The molecular weight excluding hydrogens is 1340 g/mol. The first-order valence-corrected chi connectivity index (χ1v) is 35.3. The summed E-state index contributed by atoms with van der Waals surface area (Å²) in [5, 5.41) is 9.00. The topological polar surface area (TPSA) is 196 Å². The summed E-state index contributed by atoms with van der Waals surface area (Å²) in [6, 6.07) is 21.5. The molecular formula is C73H85F12N9O5S. The van der Waals surface area contributed by atoms with Gasteiger partial charge in [0.1, 0.15) is 75.4 Å². The molecule has 100 heavy (non-hydrogen) atoms. The minimum Gasteiger partial charge on any atom is -0.356 e. The van der Waals surface area contributed by atoms with E-state index in [-0.39, 0.29) is 79.5 Å². The van der Waals surface area contributed by atoms with Crippen molar-refractivity contribution in [3.8, 4) is 6.07 Å². The lowest BCUT2D eigenvalue weighted by atomic mass is 9.91. The maximum absolute atomic E-state index is 14.1. The number of sulfonamides is 1. The number of ketones is 3. The minimum absolute atomic E-state index is 0.0373. The molecule has 0 aliphatic carbocycles. The molecule has 3 aromatic heterocycles. The van der Waals surface area contributed by atoms with E-state index >= 15 is 0 Å². The number of aromatic nitrogens is 3. The first kappa shape index (κ1) is 79.4. The summed E-state index contributed by atoms with van der Waals surface area (Å²) in [7, 11) is -3.52. The van der Waals surface area contributed by atoms with Gasteiger partial charge in [-0.3, -0.25) is 14.4 Å². The minimum atomic E-state index is -4.56. The third-order valence-corrected chi connectivity index (χ3v) is 19.5. The fourth-order valence-corrected chi connectivity index (χ4v) is 12.5. The van der Waals surface area contributed by atoms with E-state index < -0.39 is 80.8 Å². The van der Waals surface area contributed by atoms with Gasteiger partial charge in [0, 0.05) is 101 Å². The van der Waals surface area contributed by atoms with Crippen LogP contribution in [0.25, 0.3) is 0 Å². The Morgan fingerprint density at radius 2 is 0.800 bits per heavy atom. The number of carbonyl (C=O) groups is 3. The highest BCUT2D eigenvalue weighted by Crippen LogP contribution is 2.37. The molecule has 3 aliphatic rings. The van der Waals surface area contributed by atoms with Crippen LogP contribution in [0.2, 0.25) is 0 Å². The smallest absolute Gasteiger partial charge is 0.356 e. The van der Waals surface area contributed by atoms with Gasteiger partial charge >= 0.3 is 18.5 Å². The van der Waals surface area contributed by atoms with Crippen molar-refractivity contribution in [1.82, 2.24) is 19.7 Å². The van der Waals surface area contributed by atoms with Gasteiger partial charge in [-0.1, -0.05) is 90.1 Å². The molecule has 542 valence electrons. The maximum Gasteiger partial charge on any atom is 0.433 e. The van der Waals surface area contributed by atoms with Crippen LogP contribution in [-0.4, -0.2) is 86.2 Å². The molecule has 6 heterocycles. The third-order valence-electron chi connectivity index (χ3n) is 18.9. The number of hydrogen-bond donors (Lipinski definition) is 2. The molecule has 0 bridgehead atoms. The van der Waals surface area contributed by atoms with Gasteiger partial charge in [0.05, 0.1) is 11.8 Å². The number of halogens is 12. The molecule has 3 saturated heterocycles. The molecule has 3 aliphatic heterocycles. The van der Waals surface area contributed by atoms with Crippen molar-refractivity contribution in [1.29, 1.82) is 5.26 Å². The van der Waals surface area contributed by atoms with Gasteiger partial charge in [-0.05, 0) is 151 Å². The third kappa shape index (κ3) is 22.3. The number of hydrogen-bond acceptors (Lipinski definition) is 13. The van der Waals surface area contributed by atoms with Crippen molar-refractivity contribution >= 4 is 44.8 Å². The standard InChI is InChI=1S/C25H31F4N3O3S.C24H29F4N3O.C24H25F4N3O/c1-16-10-12-32(13-11-16)24-18(6-9-23(31-24)25(27,28)29)5-8-22(33)17(2)19-4-7-21(26)20(14-19)15-30-36(3,34)35;2*1-15-9-11-31(12-10-15)23-17(5-8-22(30-23)24(26,27)28)4-7-21(32)16(2)18-3-6-20(25)19(13-18)14-29/h4,6-7,9,14,16-17,30H,5,8,10-13,15H2,1-3H3;3,5-6,8,13,15-16H,4,7,9-12,14,29H2,1-2H3;3,5-6,8,13,15-16H,4,7,9-12H2,1-2H3. The number of pyridine rings is 3. The second kappa shape index (κ2) is 34.6. The fourth-order valence-electron chi connectivity index (χ4n) is 12.1. The Hall–Kier alpha value is -7.96. The van der Waals surface area contributed by atoms with E-state index in [0.717, 1.165) is 69.0 Å². The van der Waals surface area contributed by atoms with Gasteiger partial charge in [0.25, 0.3) is 0 Å². The van der Waals surface area contributed by atoms with Crippen molar-refractivity contribution in [2.75, 3.05) is 60.2 Å². The normalized spacial score (nSPS) is 16.2. The SMILES string of the molecule is CC1CCN(c2nc(C(F)(F)F)ccc2CCC(=O)C(C)c2ccc(F)c(C#N)c2)CC1.CC1CCN(c2nc(C(F)(F)F)ccc2CCC(=O)C(C)c2ccc(F)c(CN)c2)CC1.CC1CCN(c2nc(C(F)(F)F)ccc2CCC(=O)C(C)c2ccc(F)c(CNS(C)(=O)=O)c2)CC1. The van der Waals surface area contributed by atoms with E-state index in [1.165, 1.54) is 54.6 Å². The maximum atomic E-state index is 14.1. The van der Waals surface area contributed by atoms with E-state index in [1.54, 1.807) is 39.0 Å². The van der Waals surface area contributed by atoms with Gasteiger partial charge in [-0.2, -0.15) is 44.8 Å². The van der Waals surface area contributed by atoms with Crippen molar-refractivity contribution in [3.05, 3.63) is 176 Å². The Bertz CT molecular complexity index is 3970. The lowest BCUT2D eigenvalue weighted by molar-refractivity contribution is -0.141. The number of nitrogens with one attached hydrogen (secondary N) is 1. The molecule has 0 radical (unpaired) electrons. The number of nitriles is 1. The van der Waals surface area contributed by atoms with Crippen LogP contribution in [0.1, 0.15) is 184 Å². The summed E-state index contributed by atoms with van der Waals surface area (Å²) in [6.45, 7) is 15.0. The van der Waals surface area contributed by atoms with Crippen LogP contribution >= 0.6 is 0 Å². The highest BCUT2D eigenvalue weighted by molar-refractivity contribution is 7.88. The molecule has 0 amide bonds. The van der Waals surface area contributed by atoms with E-state index in [0.29, 0.717) is 114 Å². The van der Waals surface area contributed by atoms with Crippen molar-refractivity contribution in [3.63, 3.8) is 0 Å². The Labute approximate surface area is 576 Å². The number of aryl methyl sites for hydroxylation is 3.